The van der Waals surface area contributed by atoms with Crippen molar-refractivity contribution in [2.24, 2.45) is 5.92 Å². The zero-order valence-corrected chi connectivity index (χ0v) is 6.29. The van der Waals surface area contributed by atoms with E-state index in [1.807, 2.05) is 0 Å². The molecule has 1 heterocycles. The van der Waals surface area contributed by atoms with Crippen LogP contribution in [0.2, 0.25) is 0 Å². The summed E-state index contributed by atoms with van der Waals surface area (Å²) in [6, 6.07) is 0.764. The molecular formula is C6H14ClN. The van der Waals surface area contributed by atoms with E-state index in [0.29, 0.717) is 0 Å². The van der Waals surface area contributed by atoms with Crippen molar-refractivity contribution in [2.75, 3.05) is 6.54 Å². The highest BCUT2D eigenvalue weighted by atomic mass is 35.5. The van der Waals surface area contributed by atoms with Gasteiger partial charge in [-0.25, -0.2) is 0 Å². The molecule has 1 nitrogen and oxygen atoms in total. The second kappa shape index (κ2) is 3.31. The fourth-order valence-corrected chi connectivity index (χ4v) is 0.990. The van der Waals surface area contributed by atoms with Gasteiger partial charge in [-0.1, -0.05) is 6.92 Å². The maximum Gasteiger partial charge on any atom is 0.00648 e. The van der Waals surface area contributed by atoms with Gasteiger partial charge < -0.3 is 5.32 Å². The third-order valence-electron chi connectivity index (χ3n) is 1.92. The van der Waals surface area contributed by atoms with Gasteiger partial charge in [-0.2, -0.15) is 0 Å². The van der Waals surface area contributed by atoms with Crippen LogP contribution in [0, 0.1) is 5.92 Å². The zero-order chi connectivity index (χ0) is 5.28. The summed E-state index contributed by atoms with van der Waals surface area (Å²) >= 11 is 0. The smallest absolute Gasteiger partial charge is 0.00648 e. The van der Waals surface area contributed by atoms with Crippen LogP contribution in [-0.4, -0.2) is 12.6 Å². The molecule has 1 saturated heterocycles. The Bertz CT molecular complexity index is 57.5. The molecule has 0 aromatic carbocycles. The van der Waals surface area contributed by atoms with E-state index in [9.17, 15) is 0 Å². The second-order valence-corrected chi connectivity index (χ2v) is 2.51. The number of hydrogen-bond donors (Lipinski definition) is 1. The highest BCUT2D eigenvalue weighted by molar-refractivity contribution is 5.85. The maximum atomic E-state index is 3.37. The summed E-state index contributed by atoms with van der Waals surface area (Å²) in [6.45, 7) is 5.77. The lowest BCUT2D eigenvalue weighted by Gasteiger charge is -2.05. The van der Waals surface area contributed by atoms with E-state index < -0.39 is 0 Å². The van der Waals surface area contributed by atoms with Crippen molar-refractivity contribution in [3.8, 4) is 0 Å². The summed E-state index contributed by atoms with van der Waals surface area (Å²) in [6.07, 6.45) is 1.36. The van der Waals surface area contributed by atoms with E-state index in [1.54, 1.807) is 0 Å². The second-order valence-electron chi connectivity index (χ2n) is 2.51. The van der Waals surface area contributed by atoms with Crippen molar-refractivity contribution in [2.45, 2.75) is 26.3 Å². The summed E-state index contributed by atoms with van der Waals surface area (Å²) < 4.78 is 0. The van der Waals surface area contributed by atoms with Crippen LogP contribution in [0.25, 0.3) is 0 Å². The number of halogens is 1. The zero-order valence-electron chi connectivity index (χ0n) is 5.48. The first-order valence-electron chi connectivity index (χ1n) is 3.04. The van der Waals surface area contributed by atoms with E-state index in [2.05, 4.69) is 19.2 Å². The Hall–Kier alpha value is 0.250. The molecule has 0 radical (unpaired) electrons. The molecule has 1 N–H and O–H groups in total. The van der Waals surface area contributed by atoms with Crippen molar-refractivity contribution in [1.29, 1.82) is 0 Å². The van der Waals surface area contributed by atoms with Crippen LogP contribution in [0.15, 0.2) is 0 Å². The first-order valence-corrected chi connectivity index (χ1v) is 3.04. The van der Waals surface area contributed by atoms with E-state index in [0.717, 1.165) is 12.0 Å². The molecule has 1 aliphatic rings. The number of nitrogens with one attached hydrogen (secondary N) is 1. The monoisotopic (exact) mass is 135 g/mol. The van der Waals surface area contributed by atoms with Crippen LogP contribution in [0.1, 0.15) is 20.3 Å². The molecule has 0 amide bonds. The lowest BCUT2D eigenvalue weighted by atomic mass is 10.1. The third-order valence-corrected chi connectivity index (χ3v) is 1.92. The molecule has 50 valence electrons. The minimum Gasteiger partial charge on any atom is -0.314 e. The molecule has 0 spiro atoms. The topological polar surface area (TPSA) is 12.0 Å². The van der Waals surface area contributed by atoms with Crippen LogP contribution in [0.4, 0.5) is 0 Å². The molecule has 1 aliphatic heterocycles. The van der Waals surface area contributed by atoms with Gasteiger partial charge in [0.15, 0.2) is 0 Å². The lowest BCUT2D eigenvalue weighted by Crippen LogP contribution is -2.20. The molecule has 1 fully saturated rings. The number of rotatable bonds is 0. The Labute approximate surface area is 57.3 Å². The summed E-state index contributed by atoms with van der Waals surface area (Å²) in [5.74, 6) is 0.903. The Morgan fingerprint density at radius 3 is 2.12 bits per heavy atom. The Morgan fingerprint density at radius 2 is 2.00 bits per heavy atom. The minimum atomic E-state index is 0. The van der Waals surface area contributed by atoms with E-state index >= 15 is 0 Å². The molecule has 2 heteroatoms. The van der Waals surface area contributed by atoms with Gasteiger partial charge in [-0.15, -0.1) is 12.4 Å². The van der Waals surface area contributed by atoms with Crippen LogP contribution in [0.3, 0.4) is 0 Å². The molecular weight excluding hydrogens is 122 g/mol. The van der Waals surface area contributed by atoms with Crippen molar-refractivity contribution in [1.82, 2.24) is 5.32 Å². The van der Waals surface area contributed by atoms with Crippen LogP contribution in [-0.2, 0) is 0 Å². The van der Waals surface area contributed by atoms with Gasteiger partial charge in [0.2, 0.25) is 0 Å². The minimum absolute atomic E-state index is 0. The molecule has 1 rings (SSSR count). The first-order chi connectivity index (χ1) is 3.30. The average molecular weight is 136 g/mol. The van der Waals surface area contributed by atoms with Gasteiger partial charge in [-0.3, -0.25) is 0 Å². The number of hydrogen-bond acceptors (Lipinski definition) is 1. The standard InChI is InChI=1S/C6H13N.ClH/c1-5-3-4-7-6(5)2;/h5-7H,3-4H2,1-2H3;1H/t5-,6-;/m1./s1. The highest BCUT2D eigenvalue weighted by Gasteiger charge is 2.16. The van der Waals surface area contributed by atoms with Crippen molar-refractivity contribution >= 4 is 12.4 Å². The van der Waals surface area contributed by atoms with Crippen molar-refractivity contribution in [3.63, 3.8) is 0 Å². The fourth-order valence-electron chi connectivity index (χ4n) is 0.990. The Morgan fingerprint density at radius 1 is 1.38 bits per heavy atom. The summed E-state index contributed by atoms with van der Waals surface area (Å²) in [7, 11) is 0. The first kappa shape index (κ1) is 8.25. The Kier molecular flexibility index (Phi) is 3.41. The van der Waals surface area contributed by atoms with Gasteiger partial charge in [-0.05, 0) is 25.8 Å². The predicted molar refractivity (Wildman–Crippen MR) is 38.5 cm³/mol. The predicted octanol–water partition coefficient (Wildman–Crippen LogP) is 1.43. The molecule has 0 aromatic rings. The van der Waals surface area contributed by atoms with Gasteiger partial charge in [0, 0.05) is 6.04 Å². The van der Waals surface area contributed by atoms with E-state index in [4.69, 9.17) is 0 Å². The van der Waals surface area contributed by atoms with Crippen LogP contribution in [0.5, 0.6) is 0 Å². The molecule has 0 unspecified atom stereocenters. The molecule has 8 heavy (non-hydrogen) atoms. The van der Waals surface area contributed by atoms with Crippen molar-refractivity contribution in [3.05, 3.63) is 0 Å². The fraction of sp³-hybridized carbons (Fsp3) is 1.00. The van der Waals surface area contributed by atoms with Crippen LogP contribution < -0.4 is 5.32 Å². The van der Waals surface area contributed by atoms with E-state index in [-0.39, 0.29) is 12.4 Å². The average Bonchev–Trinajstić information content (AvgIpc) is 1.91. The van der Waals surface area contributed by atoms with Crippen LogP contribution >= 0.6 is 12.4 Å². The lowest BCUT2D eigenvalue weighted by molar-refractivity contribution is 0.519. The molecule has 0 bridgehead atoms. The normalized spacial score (nSPS) is 36.8. The van der Waals surface area contributed by atoms with Crippen molar-refractivity contribution < 1.29 is 0 Å². The van der Waals surface area contributed by atoms with Gasteiger partial charge >= 0.3 is 0 Å². The maximum absolute atomic E-state index is 3.37. The molecule has 0 aromatic heterocycles. The quantitative estimate of drug-likeness (QED) is 0.530. The highest BCUT2D eigenvalue weighted by Crippen LogP contribution is 2.12. The van der Waals surface area contributed by atoms with Gasteiger partial charge in [0.05, 0.1) is 0 Å². The Balaban J connectivity index is 0.000000490. The van der Waals surface area contributed by atoms with Gasteiger partial charge in [0.1, 0.15) is 0 Å². The summed E-state index contributed by atoms with van der Waals surface area (Å²) in [4.78, 5) is 0. The third kappa shape index (κ3) is 1.64. The summed E-state index contributed by atoms with van der Waals surface area (Å²) in [5.41, 5.74) is 0. The van der Waals surface area contributed by atoms with Gasteiger partial charge in [0.25, 0.3) is 0 Å². The summed E-state index contributed by atoms with van der Waals surface area (Å²) in [5, 5.41) is 3.37. The SMILES string of the molecule is C[C@@H]1CCN[C@@H]1C.Cl. The molecule has 0 saturated carbocycles. The molecule has 2 atom stereocenters. The molecule has 0 aliphatic carbocycles. The largest absolute Gasteiger partial charge is 0.314 e. The van der Waals surface area contributed by atoms with E-state index in [1.165, 1.54) is 13.0 Å².